The van der Waals surface area contributed by atoms with Crippen LogP contribution in [0, 0.1) is 17.7 Å². The van der Waals surface area contributed by atoms with E-state index in [0.717, 1.165) is 54.6 Å². The van der Waals surface area contributed by atoms with E-state index in [1.165, 1.54) is 6.07 Å². The lowest BCUT2D eigenvalue weighted by molar-refractivity contribution is 0.0870. The predicted molar refractivity (Wildman–Crippen MR) is 116 cm³/mol. The first-order valence-electron chi connectivity index (χ1n) is 10.2. The molecule has 0 aliphatic carbocycles. The number of para-hydroxylation sites is 1. The van der Waals surface area contributed by atoms with Gasteiger partial charge < -0.3 is 9.64 Å². The maximum absolute atomic E-state index is 13.5. The Hall–Kier alpha value is -1.92. The molecule has 6 heteroatoms. The van der Waals surface area contributed by atoms with E-state index in [1.54, 1.807) is 17.0 Å². The molecule has 1 atom stereocenters. The molecule has 2 aliphatic heterocycles. The second-order valence-corrected chi connectivity index (χ2v) is 8.93. The van der Waals surface area contributed by atoms with Gasteiger partial charge in [-0.3, -0.25) is 4.90 Å². The van der Waals surface area contributed by atoms with Gasteiger partial charge >= 0.3 is 6.09 Å². The minimum atomic E-state index is -0.258. The zero-order valence-corrected chi connectivity index (χ0v) is 18.0. The minimum absolute atomic E-state index is 0.171. The van der Waals surface area contributed by atoms with Gasteiger partial charge in [0.1, 0.15) is 5.82 Å². The van der Waals surface area contributed by atoms with Crippen molar-refractivity contribution in [3.05, 3.63) is 64.4 Å². The van der Waals surface area contributed by atoms with Gasteiger partial charge in [-0.15, -0.1) is 0 Å². The summed E-state index contributed by atoms with van der Waals surface area (Å²) in [6.07, 6.45) is 2.87. The zero-order chi connectivity index (χ0) is 20.2. The van der Waals surface area contributed by atoms with Crippen molar-refractivity contribution in [1.29, 1.82) is 0 Å². The summed E-state index contributed by atoms with van der Waals surface area (Å²) >= 11 is 3.54. The van der Waals surface area contributed by atoms with Gasteiger partial charge in [0.25, 0.3) is 0 Å². The third-order valence-electron chi connectivity index (χ3n) is 5.91. The summed E-state index contributed by atoms with van der Waals surface area (Å²) in [5, 5.41) is 0. The highest BCUT2D eigenvalue weighted by Crippen LogP contribution is 2.28. The summed E-state index contributed by atoms with van der Waals surface area (Å²) in [6.45, 7) is 4.19. The quantitative estimate of drug-likeness (QED) is 0.620. The average molecular weight is 461 g/mol. The van der Waals surface area contributed by atoms with Crippen LogP contribution in [0.3, 0.4) is 0 Å². The Labute approximate surface area is 179 Å². The van der Waals surface area contributed by atoms with Gasteiger partial charge in [-0.2, -0.15) is 0 Å². The first-order chi connectivity index (χ1) is 14.1. The second-order valence-electron chi connectivity index (χ2n) is 8.07. The number of halogens is 2. The number of carbonyl (C=O) groups is 1. The number of amides is 1. The van der Waals surface area contributed by atoms with Crippen molar-refractivity contribution in [1.82, 2.24) is 4.90 Å². The number of carbonyl (C=O) groups excluding carboxylic acids is 1. The first-order valence-corrected chi connectivity index (χ1v) is 11.0. The van der Waals surface area contributed by atoms with E-state index in [-0.39, 0.29) is 11.9 Å². The maximum Gasteiger partial charge on any atom is 0.414 e. The smallest absolute Gasteiger partial charge is 0.414 e. The largest absolute Gasteiger partial charge is 0.449 e. The van der Waals surface area contributed by atoms with Crippen molar-refractivity contribution in [3.63, 3.8) is 0 Å². The normalized spacial score (nSPS) is 21.2. The minimum Gasteiger partial charge on any atom is -0.449 e. The third kappa shape index (κ3) is 5.17. The van der Waals surface area contributed by atoms with E-state index in [2.05, 4.69) is 20.8 Å². The molecule has 0 N–H and O–H groups in total. The lowest BCUT2D eigenvalue weighted by Gasteiger charge is -2.37. The number of rotatable bonds is 5. The Kier molecular flexibility index (Phi) is 6.50. The van der Waals surface area contributed by atoms with Crippen molar-refractivity contribution in [2.45, 2.75) is 19.3 Å². The molecular formula is C23H26BrFN2O2. The molecule has 0 radical (unpaired) electrons. The topological polar surface area (TPSA) is 32.8 Å². The number of anilines is 1. The highest BCUT2D eigenvalue weighted by molar-refractivity contribution is 9.10. The van der Waals surface area contributed by atoms with Crippen LogP contribution in [0.25, 0.3) is 0 Å². The lowest BCUT2D eigenvalue weighted by Crippen LogP contribution is -2.48. The molecule has 29 heavy (non-hydrogen) atoms. The number of benzene rings is 2. The van der Waals surface area contributed by atoms with Gasteiger partial charge in [-0.05, 0) is 74.2 Å². The maximum atomic E-state index is 13.5. The number of ether oxygens (including phenoxy) is 1. The van der Waals surface area contributed by atoms with Crippen molar-refractivity contribution in [3.8, 4) is 0 Å². The van der Waals surface area contributed by atoms with Gasteiger partial charge in [0.05, 0.1) is 6.61 Å². The van der Waals surface area contributed by atoms with Crippen LogP contribution in [0.15, 0.2) is 53.0 Å². The van der Waals surface area contributed by atoms with Crippen LogP contribution in [0.1, 0.15) is 18.4 Å². The van der Waals surface area contributed by atoms with Crippen molar-refractivity contribution in [2.24, 2.45) is 11.8 Å². The highest BCUT2D eigenvalue weighted by Gasteiger charge is 2.30. The molecule has 0 aromatic heterocycles. The molecule has 1 unspecified atom stereocenters. The van der Waals surface area contributed by atoms with E-state index < -0.39 is 0 Å². The molecule has 0 spiro atoms. The Bertz CT molecular complexity index is 840. The van der Waals surface area contributed by atoms with Crippen molar-refractivity contribution >= 4 is 27.7 Å². The second kappa shape index (κ2) is 9.26. The molecule has 0 saturated carbocycles. The fourth-order valence-electron chi connectivity index (χ4n) is 4.33. The summed E-state index contributed by atoms with van der Waals surface area (Å²) in [7, 11) is 0. The van der Waals surface area contributed by atoms with E-state index in [4.69, 9.17) is 4.74 Å². The molecule has 2 aliphatic rings. The molecule has 2 heterocycles. The van der Waals surface area contributed by atoms with Crippen LogP contribution in [-0.4, -0.2) is 43.8 Å². The molecule has 2 aromatic carbocycles. The number of likely N-dealkylation sites (tertiary alicyclic amines) is 1. The number of hydrogen-bond donors (Lipinski definition) is 0. The highest BCUT2D eigenvalue weighted by atomic mass is 79.9. The lowest BCUT2D eigenvalue weighted by atomic mass is 9.89. The monoisotopic (exact) mass is 460 g/mol. The molecular weight excluding hydrogens is 435 g/mol. The summed E-state index contributed by atoms with van der Waals surface area (Å²) in [5.74, 6) is 0.714. The molecule has 2 aromatic rings. The zero-order valence-electron chi connectivity index (χ0n) is 16.4. The first kappa shape index (κ1) is 20.4. The van der Waals surface area contributed by atoms with Gasteiger partial charge in [-0.1, -0.05) is 34.1 Å². The van der Waals surface area contributed by atoms with Gasteiger partial charge in [0.15, 0.2) is 0 Å². The summed E-state index contributed by atoms with van der Waals surface area (Å²) in [6, 6.07) is 14.6. The van der Waals surface area contributed by atoms with E-state index in [1.807, 2.05) is 30.3 Å². The fraction of sp³-hybridized carbons (Fsp3) is 0.435. The van der Waals surface area contributed by atoms with Gasteiger partial charge in [-0.25, -0.2) is 9.18 Å². The molecule has 4 rings (SSSR count). The third-order valence-corrected chi connectivity index (χ3v) is 6.69. The van der Waals surface area contributed by atoms with Gasteiger partial charge in [0, 0.05) is 29.2 Å². The molecule has 4 nitrogen and oxygen atoms in total. The number of piperidine rings is 1. The van der Waals surface area contributed by atoms with Crippen LogP contribution in [-0.2, 0) is 11.2 Å². The molecule has 2 saturated heterocycles. The Balaban J connectivity index is 1.28. The molecule has 2 fully saturated rings. The summed E-state index contributed by atoms with van der Waals surface area (Å²) < 4.78 is 20.0. The standard InChI is InChI=1S/C23H26BrFN2O2/c24-22-7-6-20(25)13-19(22)12-17-8-10-26(11-9-17)14-18-15-27(23(28)29-16-18)21-4-2-1-3-5-21/h1-7,13,17-18H,8-12,14-16H2. The molecule has 154 valence electrons. The van der Waals surface area contributed by atoms with Crippen LogP contribution in [0.4, 0.5) is 14.9 Å². The van der Waals surface area contributed by atoms with Crippen LogP contribution >= 0.6 is 15.9 Å². The summed E-state index contributed by atoms with van der Waals surface area (Å²) in [4.78, 5) is 16.4. The predicted octanol–water partition coefficient (Wildman–Crippen LogP) is 5.12. The van der Waals surface area contributed by atoms with E-state index in [0.29, 0.717) is 25.0 Å². The Morgan fingerprint density at radius 1 is 1.07 bits per heavy atom. The summed E-state index contributed by atoms with van der Waals surface area (Å²) in [5.41, 5.74) is 1.95. The van der Waals surface area contributed by atoms with Crippen molar-refractivity contribution < 1.29 is 13.9 Å². The Morgan fingerprint density at radius 3 is 2.59 bits per heavy atom. The number of cyclic esters (lactones) is 1. The SMILES string of the molecule is O=C1OCC(CN2CCC(Cc3cc(F)ccc3Br)CC2)CN1c1ccccc1. The average Bonchev–Trinajstić information content (AvgIpc) is 2.74. The fourth-order valence-corrected chi connectivity index (χ4v) is 4.74. The number of nitrogens with zero attached hydrogens (tertiary/aromatic N) is 2. The molecule has 1 amide bonds. The van der Waals surface area contributed by atoms with E-state index in [9.17, 15) is 9.18 Å². The number of hydrogen-bond acceptors (Lipinski definition) is 3. The van der Waals surface area contributed by atoms with Gasteiger partial charge in [0.2, 0.25) is 0 Å². The van der Waals surface area contributed by atoms with Crippen molar-refractivity contribution in [2.75, 3.05) is 37.7 Å². The van der Waals surface area contributed by atoms with Crippen LogP contribution in [0.5, 0.6) is 0 Å². The van der Waals surface area contributed by atoms with Crippen LogP contribution < -0.4 is 4.90 Å². The Morgan fingerprint density at radius 2 is 1.83 bits per heavy atom. The van der Waals surface area contributed by atoms with E-state index >= 15 is 0 Å². The van der Waals surface area contributed by atoms with Crippen LogP contribution in [0.2, 0.25) is 0 Å². The molecule has 0 bridgehead atoms.